The molecule has 1 N–H and O–H groups in total. The number of nitrogens with zero attached hydrogens (tertiary/aromatic N) is 1. The number of hydrogen-bond donors (Lipinski definition) is 1. The average Bonchev–Trinajstić information content (AvgIpc) is 3.30. The molecule has 0 saturated carbocycles. The minimum atomic E-state index is 0.0282. The maximum atomic E-state index is 13.3. The van der Waals surface area contributed by atoms with Crippen LogP contribution >= 0.6 is 0 Å². The van der Waals surface area contributed by atoms with Crippen molar-refractivity contribution < 1.29 is 14.0 Å². The molecule has 2 amide bonds. The summed E-state index contributed by atoms with van der Waals surface area (Å²) in [5, 5.41) is 5.24. The van der Waals surface area contributed by atoms with E-state index in [-0.39, 0.29) is 17.2 Å². The van der Waals surface area contributed by atoms with Gasteiger partial charge in [0.25, 0.3) is 5.91 Å². The quantitative estimate of drug-likeness (QED) is 0.290. The zero-order chi connectivity index (χ0) is 26.9. The first-order valence-electron chi connectivity index (χ1n) is 13.4. The van der Waals surface area contributed by atoms with E-state index in [0.29, 0.717) is 37.4 Å². The fourth-order valence-corrected chi connectivity index (χ4v) is 5.55. The molecule has 5 rings (SSSR count). The Morgan fingerprint density at radius 3 is 2.55 bits per heavy atom. The van der Waals surface area contributed by atoms with Crippen LogP contribution in [0.25, 0.3) is 22.1 Å². The normalized spacial score (nSPS) is 14.3. The van der Waals surface area contributed by atoms with Crippen LogP contribution in [0.1, 0.15) is 62.2 Å². The highest BCUT2D eigenvalue weighted by molar-refractivity contribution is 5.98. The van der Waals surface area contributed by atoms with Gasteiger partial charge in [-0.3, -0.25) is 9.59 Å². The van der Waals surface area contributed by atoms with Crippen molar-refractivity contribution in [1.82, 2.24) is 4.90 Å². The Hall–Kier alpha value is -3.86. The van der Waals surface area contributed by atoms with Crippen molar-refractivity contribution in [3.8, 4) is 11.3 Å². The Labute approximate surface area is 224 Å². The molecule has 0 aliphatic carbocycles. The molecule has 1 aromatic heterocycles. The molecule has 1 atom stereocenters. The molecule has 1 aliphatic heterocycles. The van der Waals surface area contributed by atoms with E-state index in [0.717, 1.165) is 45.5 Å². The molecule has 0 bridgehead atoms. The highest BCUT2D eigenvalue weighted by atomic mass is 16.3. The van der Waals surface area contributed by atoms with Crippen LogP contribution in [0.4, 0.5) is 5.69 Å². The molecule has 2 heterocycles. The van der Waals surface area contributed by atoms with Crippen LogP contribution in [0.15, 0.2) is 77.2 Å². The van der Waals surface area contributed by atoms with Crippen molar-refractivity contribution in [1.29, 1.82) is 0 Å². The number of furan rings is 1. The van der Waals surface area contributed by atoms with Gasteiger partial charge in [-0.15, -0.1) is 0 Å². The van der Waals surface area contributed by atoms with Gasteiger partial charge >= 0.3 is 0 Å². The number of rotatable bonds is 6. The Morgan fingerprint density at radius 1 is 0.974 bits per heavy atom. The summed E-state index contributed by atoms with van der Waals surface area (Å²) >= 11 is 0. The van der Waals surface area contributed by atoms with Gasteiger partial charge in [0, 0.05) is 48.3 Å². The standard InChI is InChI=1S/C33H36N2O3/c1-22(20-33(2,3)4)16-31(36)34-28-11-7-10-25(18-28)30-19-27-21-35(15-14-29(27)38-30)32(37)26-13-12-23-8-5-6-9-24(23)17-26/h5-13,17-19,22H,14-16,20-21H2,1-4H3,(H,34,36). The molecule has 0 radical (unpaired) electrons. The molecule has 3 aromatic carbocycles. The van der Waals surface area contributed by atoms with E-state index in [1.165, 1.54) is 0 Å². The Bertz CT molecular complexity index is 1480. The van der Waals surface area contributed by atoms with Gasteiger partial charge in [-0.2, -0.15) is 0 Å². The summed E-state index contributed by atoms with van der Waals surface area (Å²) < 4.78 is 6.21. The number of fused-ring (bicyclic) bond motifs is 2. The van der Waals surface area contributed by atoms with Gasteiger partial charge in [-0.1, -0.05) is 70.2 Å². The van der Waals surface area contributed by atoms with E-state index >= 15 is 0 Å². The fourth-order valence-electron chi connectivity index (χ4n) is 5.55. The number of nitrogens with one attached hydrogen (secondary N) is 1. The predicted molar refractivity (Wildman–Crippen MR) is 153 cm³/mol. The van der Waals surface area contributed by atoms with E-state index < -0.39 is 0 Å². The number of anilines is 1. The summed E-state index contributed by atoms with van der Waals surface area (Å²) in [6.07, 6.45) is 2.17. The maximum absolute atomic E-state index is 13.3. The molecule has 4 aromatic rings. The summed E-state index contributed by atoms with van der Waals surface area (Å²) in [6.45, 7) is 9.87. The zero-order valence-corrected chi connectivity index (χ0v) is 22.7. The van der Waals surface area contributed by atoms with Crippen molar-refractivity contribution in [2.45, 2.75) is 53.5 Å². The minimum Gasteiger partial charge on any atom is -0.461 e. The highest BCUT2D eigenvalue weighted by Crippen LogP contribution is 2.32. The van der Waals surface area contributed by atoms with Crippen molar-refractivity contribution in [2.75, 3.05) is 11.9 Å². The van der Waals surface area contributed by atoms with Crippen molar-refractivity contribution >= 4 is 28.3 Å². The molecule has 0 spiro atoms. The number of amides is 2. The average molecular weight is 509 g/mol. The smallest absolute Gasteiger partial charge is 0.254 e. The fraction of sp³-hybridized carbons (Fsp3) is 0.333. The molecular weight excluding hydrogens is 472 g/mol. The van der Waals surface area contributed by atoms with Gasteiger partial charge in [0.15, 0.2) is 0 Å². The van der Waals surface area contributed by atoms with Gasteiger partial charge in [0.1, 0.15) is 11.5 Å². The van der Waals surface area contributed by atoms with Crippen LogP contribution in [0.5, 0.6) is 0 Å². The van der Waals surface area contributed by atoms with Crippen LogP contribution in [0.3, 0.4) is 0 Å². The number of benzene rings is 3. The largest absolute Gasteiger partial charge is 0.461 e. The summed E-state index contributed by atoms with van der Waals surface area (Å²) in [7, 11) is 0. The Balaban J connectivity index is 1.26. The first-order chi connectivity index (χ1) is 18.1. The van der Waals surface area contributed by atoms with Crippen LogP contribution in [0, 0.1) is 11.3 Å². The second-order valence-electron chi connectivity index (χ2n) is 11.8. The van der Waals surface area contributed by atoms with Crippen molar-refractivity contribution in [2.24, 2.45) is 11.3 Å². The maximum Gasteiger partial charge on any atom is 0.254 e. The molecular formula is C33H36N2O3. The van der Waals surface area contributed by atoms with E-state index in [4.69, 9.17) is 4.42 Å². The SMILES string of the molecule is CC(CC(=O)Nc1cccc(-c2cc3c(o2)CCN(C(=O)c2ccc4ccccc4c2)C3)c1)CC(C)(C)C. The molecule has 0 saturated heterocycles. The molecule has 0 fully saturated rings. The lowest BCUT2D eigenvalue weighted by atomic mass is 9.84. The zero-order valence-electron chi connectivity index (χ0n) is 22.7. The summed E-state index contributed by atoms with van der Waals surface area (Å²) in [5.74, 6) is 2.06. The van der Waals surface area contributed by atoms with Crippen molar-refractivity contribution in [3.05, 3.63) is 89.7 Å². The first kappa shape index (κ1) is 25.8. The third-order valence-electron chi connectivity index (χ3n) is 7.08. The molecule has 1 aliphatic rings. The monoisotopic (exact) mass is 508 g/mol. The predicted octanol–water partition coefficient (Wildman–Crippen LogP) is 7.70. The van der Waals surface area contributed by atoms with Gasteiger partial charge < -0.3 is 14.6 Å². The second kappa shape index (κ2) is 10.5. The third kappa shape index (κ3) is 5.99. The lowest BCUT2D eigenvalue weighted by molar-refractivity contribution is -0.117. The van der Waals surface area contributed by atoms with Crippen LogP contribution in [-0.2, 0) is 17.8 Å². The second-order valence-corrected chi connectivity index (χ2v) is 11.8. The number of carbonyl (C=O) groups is 2. The third-order valence-corrected chi connectivity index (χ3v) is 7.08. The number of carbonyl (C=O) groups excluding carboxylic acids is 2. The lowest BCUT2D eigenvalue weighted by Gasteiger charge is -2.26. The van der Waals surface area contributed by atoms with Gasteiger partial charge in [-0.05, 0) is 58.9 Å². The lowest BCUT2D eigenvalue weighted by Crippen LogP contribution is -2.35. The molecule has 196 valence electrons. The molecule has 5 heteroatoms. The van der Waals surface area contributed by atoms with E-state index in [9.17, 15) is 9.59 Å². The van der Waals surface area contributed by atoms with Crippen LogP contribution in [0.2, 0.25) is 0 Å². The van der Waals surface area contributed by atoms with Gasteiger partial charge in [-0.25, -0.2) is 0 Å². The van der Waals surface area contributed by atoms with Crippen LogP contribution < -0.4 is 5.32 Å². The van der Waals surface area contributed by atoms with Crippen LogP contribution in [-0.4, -0.2) is 23.3 Å². The minimum absolute atomic E-state index is 0.0282. The Kier molecular flexibility index (Phi) is 7.11. The molecule has 1 unspecified atom stereocenters. The topological polar surface area (TPSA) is 62.6 Å². The molecule has 38 heavy (non-hydrogen) atoms. The van der Waals surface area contributed by atoms with Gasteiger partial charge in [0.2, 0.25) is 5.91 Å². The molecule has 5 nitrogen and oxygen atoms in total. The number of hydrogen-bond acceptors (Lipinski definition) is 3. The first-order valence-corrected chi connectivity index (χ1v) is 13.4. The van der Waals surface area contributed by atoms with Crippen molar-refractivity contribution in [3.63, 3.8) is 0 Å². The van der Waals surface area contributed by atoms with E-state index in [1.54, 1.807) is 0 Å². The van der Waals surface area contributed by atoms with Gasteiger partial charge in [0.05, 0.1) is 0 Å². The summed E-state index contributed by atoms with van der Waals surface area (Å²) in [6, 6.07) is 23.8. The summed E-state index contributed by atoms with van der Waals surface area (Å²) in [4.78, 5) is 27.8. The van der Waals surface area contributed by atoms with E-state index in [1.807, 2.05) is 71.6 Å². The Morgan fingerprint density at radius 2 is 1.76 bits per heavy atom. The summed E-state index contributed by atoms with van der Waals surface area (Å²) in [5.41, 5.74) is 3.61. The highest BCUT2D eigenvalue weighted by Gasteiger charge is 2.25. The van der Waals surface area contributed by atoms with E-state index in [2.05, 4.69) is 39.1 Å².